The van der Waals surface area contributed by atoms with E-state index in [-0.39, 0.29) is 22.7 Å². The maximum absolute atomic E-state index is 12.5. The number of aliphatic carboxylic acids is 1. The average molecular weight is 643 g/mol. The summed E-state index contributed by atoms with van der Waals surface area (Å²) in [6.45, 7) is 7.33. The fraction of sp³-hybridized carbons (Fsp3) is 0.906. The molecular weight excluding hydrogens is 592 g/mol. The van der Waals surface area contributed by atoms with Crippen LogP contribution in [-0.2, 0) is 23.7 Å². The molecule has 6 aliphatic rings. The quantitative estimate of drug-likeness (QED) is 0.134. The zero-order valence-electron chi connectivity index (χ0n) is 26.0. The number of carbonyl (C=O) groups is 1. The number of ether oxygens (including phenoxy) is 4. The number of hydrogen-bond donors (Lipinski definition) is 8. The van der Waals surface area contributed by atoms with Gasteiger partial charge in [-0.05, 0) is 86.5 Å². The second-order valence-electron chi connectivity index (χ2n) is 15.2. The van der Waals surface area contributed by atoms with Gasteiger partial charge in [0, 0.05) is 0 Å². The van der Waals surface area contributed by atoms with Gasteiger partial charge in [0.1, 0.15) is 48.8 Å². The molecule has 6 fully saturated rings. The van der Waals surface area contributed by atoms with Crippen LogP contribution in [-0.4, -0.2) is 127 Å². The number of fused-ring (bicyclic) bond motifs is 3. The van der Waals surface area contributed by atoms with Crippen LogP contribution >= 0.6 is 0 Å². The Morgan fingerprint density at radius 3 is 2.11 bits per heavy atom. The van der Waals surface area contributed by atoms with Gasteiger partial charge in [0.25, 0.3) is 0 Å². The summed E-state index contributed by atoms with van der Waals surface area (Å²) in [6, 6.07) is 0. The minimum Gasteiger partial charge on any atom is -0.481 e. The fourth-order valence-electron chi connectivity index (χ4n) is 10.6. The number of aliphatic hydroxyl groups excluding tert-OH is 7. The molecule has 8 unspecified atom stereocenters. The number of carboxylic acid groups (broad SMARTS) is 1. The van der Waals surface area contributed by atoms with Gasteiger partial charge in [-0.2, -0.15) is 0 Å². The van der Waals surface area contributed by atoms with Crippen molar-refractivity contribution >= 4 is 5.97 Å². The summed E-state index contributed by atoms with van der Waals surface area (Å²) in [7, 11) is 0. The van der Waals surface area contributed by atoms with Gasteiger partial charge in [-0.3, -0.25) is 4.79 Å². The molecule has 0 aromatic rings. The number of rotatable bonds is 7. The van der Waals surface area contributed by atoms with Crippen LogP contribution in [0.3, 0.4) is 0 Å². The van der Waals surface area contributed by atoms with Crippen molar-refractivity contribution in [2.75, 3.05) is 13.2 Å². The second kappa shape index (κ2) is 11.7. The van der Waals surface area contributed by atoms with E-state index in [0.29, 0.717) is 25.7 Å². The van der Waals surface area contributed by atoms with Crippen molar-refractivity contribution in [3.8, 4) is 0 Å². The third kappa shape index (κ3) is 5.04. The lowest BCUT2D eigenvalue weighted by Gasteiger charge is -2.64. The van der Waals surface area contributed by atoms with Gasteiger partial charge in [-0.25, -0.2) is 0 Å². The predicted octanol–water partition coefficient (Wildman–Crippen LogP) is -0.197. The van der Waals surface area contributed by atoms with E-state index in [0.717, 1.165) is 37.7 Å². The summed E-state index contributed by atoms with van der Waals surface area (Å²) in [5, 5.41) is 82.8. The van der Waals surface area contributed by atoms with Crippen molar-refractivity contribution in [3.63, 3.8) is 0 Å². The molecule has 0 radical (unpaired) electrons. The normalized spacial score (nSPS) is 54.7. The lowest BCUT2D eigenvalue weighted by atomic mass is 9.41. The Bertz CT molecular complexity index is 1150. The Kier molecular flexibility index (Phi) is 8.77. The first kappa shape index (κ1) is 33.7. The monoisotopic (exact) mass is 642 g/mol. The van der Waals surface area contributed by atoms with Gasteiger partial charge in [0.2, 0.25) is 0 Å². The molecule has 4 aliphatic carbocycles. The lowest BCUT2D eigenvalue weighted by Crippen LogP contribution is -2.65. The first-order chi connectivity index (χ1) is 21.2. The van der Waals surface area contributed by atoms with Crippen LogP contribution in [0.15, 0.2) is 12.2 Å². The summed E-state index contributed by atoms with van der Waals surface area (Å²) >= 11 is 0. The van der Waals surface area contributed by atoms with Gasteiger partial charge < -0.3 is 59.8 Å². The molecule has 2 heterocycles. The van der Waals surface area contributed by atoms with Crippen LogP contribution in [0.4, 0.5) is 0 Å². The van der Waals surface area contributed by atoms with Crippen molar-refractivity contribution in [1.29, 1.82) is 0 Å². The van der Waals surface area contributed by atoms with Crippen molar-refractivity contribution in [3.05, 3.63) is 12.2 Å². The summed E-state index contributed by atoms with van der Waals surface area (Å²) in [4.78, 5) is 12.5. The van der Waals surface area contributed by atoms with Crippen LogP contribution in [0, 0.1) is 28.1 Å². The molecule has 6 rings (SSSR count). The highest BCUT2D eigenvalue weighted by molar-refractivity contribution is 5.75. The minimum absolute atomic E-state index is 0.0640. The van der Waals surface area contributed by atoms with Crippen LogP contribution < -0.4 is 0 Å². The molecule has 2 saturated heterocycles. The molecule has 256 valence electrons. The van der Waals surface area contributed by atoms with Gasteiger partial charge in [0.05, 0.1) is 24.2 Å². The van der Waals surface area contributed by atoms with E-state index in [4.69, 9.17) is 18.9 Å². The highest BCUT2D eigenvalue weighted by Gasteiger charge is 2.69. The molecule has 8 N–H and O–H groups in total. The van der Waals surface area contributed by atoms with Crippen LogP contribution in [0.25, 0.3) is 0 Å². The number of carboxylic acids is 1. The van der Waals surface area contributed by atoms with E-state index >= 15 is 0 Å². The zero-order chi connectivity index (χ0) is 32.7. The van der Waals surface area contributed by atoms with Crippen LogP contribution in [0.1, 0.15) is 71.6 Å². The fourth-order valence-corrected chi connectivity index (χ4v) is 10.6. The highest BCUT2D eigenvalue weighted by atomic mass is 16.8. The minimum atomic E-state index is -1.76. The van der Waals surface area contributed by atoms with Gasteiger partial charge in [0.15, 0.2) is 12.6 Å². The second-order valence-corrected chi connectivity index (χ2v) is 15.2. The summed E-state index contributed by atoms with van der Waals surface area (Å²) in [5.41, 5.74) is -1.10. The molecule has 1 spiro atoms. The molecule has 13 nitrogen and oxygen atoms in total. The Morgan fingerprint density at radius 1 is 0.844 bits per heavy atom. The SMILES string of the molecule is C=C1C[C@]23CC[C@@H]4[C@@](C)(CCC[C@@]4(C)C(=O)O)[C@@H]2CC[C@@]1(O[C@H]1OC(CO)C(O)C(O)C1O[C@@H]1OC(CO)C(O)C(O)C1O)C3. The molecule has 0 aromatic heterocycles. The smallest absolute Gasteiger partial charge is 0.309 e. The van der Waals surface area contributed by atoms with E-state index in [1.807, 2.05) is 6.92 Å². The summed E-state index contributed by atoms with van der Waals surface area (Å²) in [6.07, 6.45) is -8.44. The largest absolute Gasteiger partial charge is 0.481 e. The maximum atomic E-state index is 12.5. The van der Waals surface area contributed by atoms with E-state index in [1.54, 1.807) is 0 Å². The third-order valence-electron chi connectivity index (χ3n) is 12.9. The average Bonchev–Trinajstić information content (AvgIpc) is 3.19. The number of aliphatic hydroxyl groups is 7. The molecular formula is C32H50O13. The standard InChI is InChI=1S/C32H50O13/c1-15-11-31-9-5-18-29(2,7-4-8-30(18,3)28(40)41)19(31)6-10-32(15,14-31)45-27-25(23(38)21(36)17(13-34)43-27)44-26-24(39)22(37)20(35)16(12-33)42-26/h16-27,33-39H,1,4-14H2,2-3H3,(H,40,41)/t16?,17?,18-,19+,20?,21?,22?,23?,24?,25?,26+,27-,29-,30-,31+,32-/m1/s1. The third-order valence-corrected chi connectivity index (χ3v) is 12.9. The molecule has 13 heteroatoms. The topological polar surface area (TPSA) is 216 Å². The molecule has 4 saturated carbocycles. The van der Waals surface area contributed by atoms with E-state index < -0.39 is 91.6 Å². The Hall–Kier alpha value is -1.23. The van der Waals surface area contributed by atoms with Crippen LogP contribution in [0.2, 0.25) is 0 Å². The highest BCUT2D eigenvalue weighted by Crippen LogP contribution is 2.73. The molecule has 16 atom stereocenters. The van der Waals surface area contributed by atoms with Crippen molar-refractivity contribution < 1.29 is 64.6 Å². The Labute approximate surface area is 262 Å². The Balaban J connectivity index is 1.26. The van der Waals surface area contributed by atoms with Crippen molar-refractivity contribution in [1.82, 2.24) is 0 Å². The van der Waals surface area contributed by atoms with Gasteiger partial charge in [-0.1, -0.05) is 19.9 Å². The van der Waals surface area contributed by atoms with Crippen molar-refractivity contribution in [2.24, 2.45) is 28.1 Å². The van der Waals surface area contributed by atoms with Crippen LogP contribution in [0.5, 0.6) is 0 Å². The number of hydrogen-bond acceptors (Lipinski definition) is 12. The van der Waals surface area contributed by atoms with Gasteiger partial charge >= 0.3 is 5.97 Å². The molecule has 0 aromatic carbocycles. The maximum Gasteiger partial charge on any atom is 0.309 e. The first-order valence-corrected chi connectivity index (χ1v) is 16.3. The molecule has 45 heavy (non-hydrogen) atoms. The molecule has 2 bridgehead atoms. The Morgan fingerprint density at radius 2 is 1.47 bits per heavy atom. The lowest BCUT2D eigenvalue weighted by molar-refractivity contribution is -0.378. The predicted molar refractivity (Wildman–Crippen MR) is 154 cm³/mol. The zero-order valence-corrected chi connectivity index (χ0v) is 26.0. The van der Waals surface area contributed by atoms with E-state index in [1.165, 1.54) is 0 Å². The molecule has 2 aliphatic heterocycles. The van der Waals surface area contributed by atoms with Gasteiger partial charge in [-0.15, -0.1) is 0 Å². The first-order valence-electron chi connectivity index (χ1n) is 16.3. The van der Waals surface area contributed by atoms with Crippen molar-refractivity contribution in [2.45, 2.75) is 139 Å². The van der Waals surface area contributed by atoms with E-state index in [9.17, 15) is 45.6 Å². The van der Waals surface area contributed by atoms with E-state index in [2.05, 4.69) is 13.5 Å². The summed E-state index contributed by atoms with van der Waals surface area (Å²) < 4.78 is 24.1. The molecule has 0 amide bonds. The summed E-state index contributed by atoms with van der Waals surface area (Å²) in [5.74, 6) is -0.392.